The fourth-order valence-corrected chi connectivity index (χ4v) is 1.39. The second kappa shape index (κ2) is 4.78. The van der Waals surface area contributed by atoms with Gasteiger partial charge in [0.15, 0.2) is 5.78 Å². The van der Waals surface area contributed by atoms with Crippen LogP contribution in [0.5, 0.6) is 5.75 Å². The SMILES string of the molecule is C=CC(=O)c1cc(C(C)C)ccc1OC. The Morgan fingerprint density at radius 2 is 2.13 bits per heavy atom. The van der Waals surface area contributed by atoms with Gasteiger partial charge < -0.3 is 4.74 Å². The van der Waals surface area contributed by atoms with Crippen LogP contribution in [0.2, 0.25) is 0 Å². The van der Waals surface area contributed by atoms with Gasteiger partial charge in [-0.1, -0.05) is 26.5 Å². The van der Waals surface area contributed by atoms with Crippen LogP contribution in [-0.4, -0.2) is 12.9 Å². The molecule has 0 N–H and O–H groups in total. The van der Waals surface area contributed by atoms with E-state index in [0.717, 1.165) is 5.56 Å². The maximum atomic E-state index is 11.6. The average Bonchev–Trinajstić information content (AvgIpc) is 2.27. The first kappa shape index (κ1) is 11.5. The smallest absolute Gasteiger partial charge is 0.188 e. The Hall–Kier alpha value is -1.57. The predicted molar refractivity (Wildman–Crippen MR) is 61.6 cm³/mol. The molecule has 0 aliphatic rings. The number of ketones is 1. The van der Waals surface area contributed by atoms with Gasteiger partial charge in [-0.2, -0.15) is 0 Å². The first-order chi connectivity index (χ1) is 7.10. The molecular formula is C13H16O2. The van der Waals surface area contributed by atoms with Crippen LogP contribution in [0.25, 0.3) is 0 Å². The van der Waals surface area contributed by atoms with Crippen LogP contribution in [-0.2, 0) is 0 Å². The maximum absolute atomic E-state index is 11.6. The topological polar surface area (TPSA) is 26.3 Å². The minimum absolute atomic E-state index is 0.102. The van der Waals surface area contributed by atoms with E-state index in [2.05, 4.69) is 20.4 Å². The summed E-state index contributed by atoms with van der Waals surface area (Å²) in [6, 6.07) is 5.67. The second-order valence-electron chi connectivity index (χ2n) is 3.68. The number of methoxy groups -OCH3 is 1. The van der Waals surface area contributed by atoms with Crippen LogP contribution in [0.4, 0.5) is 0 Å². The monoisotopic (exact) mass is 204 g/mol. The van der Waals surface area contributed by atoms with Crippen LogP contribution in [0.15, 0.2) is 30.9 Å². The van der Waals surface area contributed by atoms with E-state index in [9.17, 15) is 4.79 Å². The lowest BCUT2D eigenvalue weighted by Crippen LogP contribution is -2.00. The quantitative estimate of drug-likeness (QED) is 0.556. The van der Waals surface area contributed by atoms with E-state index in [0.29, 0.717) is 17.2 Å². The normalized spacial score (nSPS) is 10.1. The molecule has 0 bridgehead atoms. The third kappa shape index (κ3) is 2.46. The van der Waals surface area contributed by atoms with Crippen molar-refractivity contribution in [1.82, 2.24) is 0 Å². The summed E-state index contributed by atoms with van der Waals surface area (Å²) in [5.41, 5.74) is 1.71. The lowest BCUT2D eigenvalue weighted by molar-refractivity contribution is 0.104. The van der Waals surface area contributed by atoms with Gasteiger partial charge in [-0.05, 0) is 29.7 Å². The molecular weight excluding hydrogens is 188 g/mol. The first-order valence-electron chi connectivity index (χ1n) is 4.94. The maximum Gasteiger partial charge on any atom is 0.188 e. The second-order valence-corrected chi connectivity index (χ2v) is 3.68. The van der Waals surface area contributed by atoms with Crippen molar-refractivity contribution in [3.8, 4) is 5.75 Å². The van der Waals surface area contributed by atoms with Crippen molar-refractivity contribution in [1.29, 1.82) is 0 Å². The number of allylic oxidation sites excluding steroid dienone is 1. The van der Waals surface area contributed by atoms with Crippen molar-refractivity contribution in [3.05, 3.63) is 42.0 Å². The van der Waals surface area contributed by atoms with Crippen LogP contribution in [0, 0.1) is 0 Å². The fourth-order valence-electron chi connectivity index (χ4n) is 1.39. The summed E-state index contributed by atoms with van der Waals surface area (Å²) in [5.74, 6) is 0.894. The van der Waals surface area contributed by atoms with Crippen molar-refractivity contribution in [2.45, 2.75) is 19.8 Å². The van der Waals surface area contributed by atoms with Crippen LogP contribution >= 0.6 is 0 Å². The Morgan fingerprint density at radius 3 is 2.60 bits per heavy atom. The van der Waals surface area contributed by atoms with Gasteiger partial charge in [-0.25, -0.2) is 0 Å². The first-order valence-corrected chi connectivity index (χ1v) is 4.94. The molecule has 0 aromatic heterocycles. The molecule has 1 rings (SSSR count). The molecule has 0 atom stereocenters. The van der Waals surface area contributed by atoms with Crippen molar-refractivity contribution in [3.63, 3.8) is 0 Å². The van der Waals surface area contributed by atoms with Crippen molar-refractivity contribution >= 4 is 5.78 Å². The van der Waals surface area contributed by atoms with Gasteiger partial charge in [0.1, 0.15) is 5.75 Å². The zero-order valence-corrected chi connectivity index (χ0v) is 9.41. The molecule has 0 fully saturated rings. The molecule has 0 amide bonds. The third-order valence-electron chi connectivity index (χ3n) is 2.34. The standard InChI is InChI=1S/C13H16O2/c1-5-12(14)11-8-10(9(2)3)6-7-13(11)15-4/h5-9H,1H2,2-4H3. The molecule has 0 aliphatic heterocycles. The summed E-state index contributed by atoms with van der Waals surface area (Å²) in [6.45, 7) is 7.66. The molecule has 2 heteroatoms. The van der Waals surface area contributed by atoms with E-state index in [-0.39, 0.29) is 5.78 Å². The molecule has 1 aromatic carbocycles. The van der Waals surface area contributed by atoms with Crippen LogP contribution in [0.1, 0.15) is 35.7 Å². The highest BCUT2D eigenvalue weighted by Crippen LogP contribution is 2.24. The Bertz CT molecular complexity index is 378. The highest BCUT2D eigenvalue weighted by Gasteiger charge is 2.11. The van der Waals surface area contributed by atoms with E-state index in [1.54, 1.807) is 7.11 Å². The summed E-state index contributed by atoms with van der Waals surface area (Å²) in [7, 11) is 1.56. The minimum Gasteiger partial charge on any atom is -0.496 e. The number of hydrogen-bond acceptors (Lipinski definition) is 2. The number of carbonyl (C=O) groups is 1. The van der Waals surface area contributed by atoms with Gasteiger partial charge in [0.2, 0.25) is 0 Å². The van der Waals surface area contributed by atoms with E-state index in [1.165, 1.54) is 6.08 Å². The van der Waals surface area contributed by atoms with Gasteiger partial charge in [0, 0.05) is 0 Å². The molecule has 15 heavy (non-hydrogen) atoms. The van der Waals surface area contributed by atoms with Crippen LogP contribution < -0.4 is 4.74 Å². The van der Waals surface area contributed by atoms with Gasteiger partial charge in [0.05, 0.1) is 12.7 Å². The number of rotatable bonds is 4. The zero-order valence-electron chi connectivity index (χ0n) is 9.41. The average molecular weight is 204 g/mol. The predicted octanol–water partition coefficient (Wildman–Crippen LogP) is 3.19. The number of ether oxygens (including phenoxy) is 1. The van der Waals surface area contributed by atoms with Crippen LogP contribution in [0.3, 0.4) is 0 Å². The molecule has 80 valence electrons. The Kier molecular flexibility index (Phi) is 3.67. The number of carbonyl (C=O) groups excluding carboxylic acids is 1. The van der Waals surface area contributed by atoms with Gasteiger partial charge in [-0.3, -0.25) is 4.79 Å². The summed E-state index contributed by atoms with van der Waals surface area (Å²) >= 11 is 0. The summed E-state index contributed by atoms with van der Waals surface area (Å²) in [5, 5.41) is 0. The van der Waals surface area contributed by atoms with Crippen molar-refractivity contribution < 1.29 is 9.53 Å². The Balaban J connectivity index is 3.24. The largest absolute Gasteiger partial charge is 0.496 e. The fraction of sp³-hybridized carbons (Fsp3) is 0.308. The third-order valence-corrected chi connectivity index (χ3v) is 2.34. The van der Waals surface area contributed by atoms with Gasteiger partial charge >= 0.3 is 0 Å². The molecule has 1 aromatic rings. The Labute approximate surface area is 90.6 Å². The van der Waals surface area contributed by atoms with Gasteiger partial charge in [0.25, 0.3) is 0 Å². The minimum atomic E-state index is -0.102. The van der Waals surface area contributed by atoms with Gasteiger partial charge in [-0.15, -0.1) is 0 Å². The molecule has 0 unspecified atom stereocenters. The van der Waals surface area contributed by atoms with E-state index in [4.69, 9.17) is 4.74 Å². The molecule has 0 saturated heterocycles. The highest BCUT2D eigenvalue weighted by molar-refractivity contribution is 6.06. The molecule has 0 spiro atoms. The molecule has 0 aliphatic carbocycles. The van der Waals surface area contributed by atoms with E-state index in [1.807, 2.05) is 18.2 Å². The molecule has 0 heterocycles. The summed E-state index contributed by atoms with van der Waals surface area (Å²) < 4.78 is 5.13. The zero-order chi connectivity index (χ0) is 11.4. The lowest BCUT2D eigenvalue weighted by atomic mass is 9.98. The van der Waals surface area contributed by atoms with E-state index < -0.39 is 0 Å². The summed E-state index contributed by atoms with van der Waals surface area (Å²) in [4.78, 5) is 11.6. The molecule has 0 radical (unpaired) electrons. The Morgan fingerprint density at radius 1 is 1.47 bits per heavy atom. The number of benzene rings is 1. The summed E-state index contributed by atoms with van der Waals surface area (Å²) in [6.07, 6.45) is 1.31. The van der Waals surface area contributed by atoms with Crippen molar-refractivity contribution in [2.24, 2.45) is 0 Å². The molecule has 0 saturated carbocycles. The number of hydrogen-bond donors (Lipinski definition) is 0. The van der Waals surface area contributed by atoms with E-state index >= 15 is 0 Å². The van der Waals surface area contributed by atoms with Crippen molar-refractivity contribution in [2.75, 3.05) is 7.11 Å². The lowest BCUT2D eigenvalue weighted by Gasteiger charge is -2.10. The highest BCUT2D eigenvalue weighted by atomic mass is 16.5. The molecule has 2 nitrogen and oxygen atoms in total.